The fourth-order valence-electron chi connectivity index (χ4n) is 0.971. The molecule has 0 aromatic heterocycles. The second kappa shape index (κ2) is 5.45. The first-order valence-electron chi connectivity index (χ1n) is 4.01. The van der Waals surface area contributed by atoms with Crippen LogP contribution in [0.15, 0.2) is 28.7 Å². The lowest BCUT2D eigenvalue weighted by Crippen LogP contribution is -1.88. The van der Waals surface area contributed by atoms with Gasteiger partial charge in [-0.05, 0) is 24.1 Å². The zero-order chi connectivity index (χ0) is 9.68. The normalized spacial score (nSPS) is 10.9. The molecule has 0 spiro atoms. The molecule has 0 amide bonds. The molecule has 0 aliphatic rings. The Morgan fingerprint density at radius 3 is 2.77 bits per heavy atom. The van der Waals surface area contributed by atoms with Gasteiger partial charge in [0.15, 0.2) is 0 Å². The first-order valence-corrected chi connectivity index (χ1v) is 5.93. The summed E-state index contributed by atoms with van der Waals surface area (Å²) < 4.78 is 1.02. The fraction of sp³-hybridized carbons (Fsp3) is 0.200. The van der Waals surface area contributed by atoms with Crippen LogP contribution in [0, 0.1) is 0 Å². The summed E-state index contributed by atoms with van der Waals surface area (Å²) >= 11 is 6.73. The number of rotatable bonds is 3. The summed E-state index contributed by atoms with van der Waals surface area (Å²) in [6.07, 6.45) is 5.17. The maximum absolute atomic E-state index is 5.81. The number of nitrogen functional groups attached to an aromatic ring is 1. The molecule has 0 saturated carbocycles. The summed E-state index contributed by atoms with van der Waals surface area (Å²) in [6.45, 7) is 0. The van der Waals surface area contributed by atoms with Crippen LogP contribution in [0.2, 0.25) is 0 Å². The topological polar surface area (TPSA) is 26.0 Å². The Kier molecular flexibility index (Phi) is 4.53. The maximum Gasteiger partial charge on any atom is 0.0398 e. The summed E-state index contributed by atoms with van der Waals surface area (Å²) in [5.74, 6) is 0. The predicted molar refractivity (Wildman–Crippen MR) is 66.0 cm³/mol. The highest BCUT2D eigenvalue weighted by molar-refractivity contribution is 9.10. The van der Waals surface area contributed by atoms with Gasteiger partial charge in [-0.2, -0.15) is 0 Å². The molecule has 2 N–H and O–H groups in total. The molecule has 1 rings (SSSR count). The molecule has 0 saturated heterocycles. The summed E-state index contributed by atoms with van der Waals surface area (Å²) in [5, 5.41) is 0.986. The predicted octanol–water partition coefficient (Wildman–Crippen LogP) is 3.83. The van der Waals surface area contributed by atoms with Gasteiger partial charge in [0.25, 0.3) is 0 Å². The van der Waals surface area contributed by atoms with Crippen LogP contribution in [0.5, 0.6) is 0 Å². The number of alkyl halides is 1. The Balaban J connectivity index is 2.77. The van der Waals surface area contributed by atoms with Gasteiger partial charge in [0, 0.05) is 15.5 Å². The van der Waals surface area contributed by atoms with Crippen LogP contribution in [0.25, 0.3) is 6.08 Å². The van der Waals surface area contributed by atoms with Crippen molar-refractivity contribution in [3.8, 4) is 0 Å². The van der Waals surface area contributed by atoms with Crippen molar-refractivity contribution in [2.75, 3.05) is 11.1 Å². The van der Waals surface area contributed by atoms with Crippen molar-refractivity contribution in [3.63, 3.8) is 0 Å². The Morgan fingerprint density at radius 1 is 1.38 bits per heavy atom. The highest BCUT2D eigenvalue weighted by Gasteiger charge is 1.94. The van der Waals surface area contributed by atoms with E-state index in [-0.39, 0.29) is 0 Å². The summed E-state index contributed by atoms with van der Waals surface area (Å²) in [4.78, 5) is 0. The quantitative estimate of drug-likeness (QED) is 0.666. The molecule has 0 fully saturated rings. The van der Waals surface area contributed by atoms with Crippen LogP contribution >= 0.6 is 31.9 Å². The Bertz CT molecular complexity index is 308. The molecule has 0 aliphatic carbocycles. The molecule has 0 heterocycles. The molecule has 0 radical (unpaired) electrons. The minimum absolute atomic E-state index is 0.806. The van der Waals surface area contributed by atoms with Gasteiger partial charge in [-0.3, -0.25) is 0 Å². The number of allylic oxidation sites excluding steroid dienone is 1. The average Bonchev–Trinajstić information content (AvgIpc) is 2.09. The van der Waals surface area contributed by atoms with E-state index < -0.39 is 0 Å². The Hall–Kier alpha value is -0.280. The molecule has 0 bridgehead atoms. The maximum atomic E-state index is 5.81. The third kappa shape index (κ3) is 3.53. The van der Waals surface area contributed by atoms with Crippen molar-refractivity contribution in [2.45, 2.75) is 6.42 Å². The number of hydrogen-bond acceptors (Lipinski definition) is 1. The van der Waals surface area contributed by atoms with Gasteiger partial charge in [0.1, 0.15) is 0 Å². The standard InChI is InChI=1S/C10H11Br2N/c11-6-2-1-3-8-4-5-9(12)7-10(8)13/h1,3-5,7H,2,6,13H2. The van der Waals surface area contributed by atoms with Gasteiger partial charge in [-0.15, -0.1) is 0 Å². The number of hydrogen-bond donors (Lipinski definition) is 1. The number of nitrogens with two attached hydrogens (primary N) is 1. The first kappa shape index (κ1) is 10.8. The molecule has 1 nitrogen and oxygen atoms in total. The van der Waals surface area contributed by atoms with Gasteiger partial charge >= 0.3 is 0 Å². The Morgan fingerprint density at radius 2 is 2.15 bits per heavy atom. The average molecular weight is 305 g/mol. The lowest BCUT2D eigenvalue weighted by molar-refractivity contribution is 1.27. The largest absolute Gasteiger partial charge is 0.398 e. The van der Waals surface area contributed by atoms with E-state index in [1.807, 2.05) is 24.3 Å². The summed E-state index contributed by atoms with van der Waals surface area (Å²) in [6, 6.07) is 5.90. The first-order chi connectivity index (χ1) is 6.24. The van der Waals surface area contributed by atoms with Gasteiger partial charge in [-0.25, -0.2) is 0 Å². The smallest absolute Gasteiger partial charge is 0.0398 e. The van der Waals surface area contributed by atoms with Gasteiger partial charge in [0.05, 0.1) is 0 Å². The molecular weight excluding hydrogens is 294 g/mol. The molecule has 0 aliphatic heterocycles. The molecule has 3 heteroatoms. The van der Waals surface area contributed by atoms with Crippen molar-refractivity contribution in [1.29, 1.82) is 0 Å². The van der Waals surface area contributed by atoms with Crippen LogP contribution in [0.4, 0.5) is 5.69 Å². The fourth-order valence-corrected chi connectivity index (χ4v) is 1.61. The molecule has 0 unspecified atom stereocenters. The van der Waals surface area contributed by atoms with E-state index in [0.717, 1.165) is 27.5 Å². The number of anilines is 1. The Labute approximate surface area is 95.3 Å². The zero-order valence-corrected chi connectivity index (χ0v) is 10.3. The summed E-state index contributed by atoms with van der Waals surface area (Å²) in [5.41, 5.74) is 7.69. The van der Waals surface area contributed by atoms with Gasteiger partial charge in [0.2, 0.25) is 0 Å². The van der Waals surface area contributed by atoms with E-state index in [1.165, 1.54) is 0 Å². The van der Waals surface area contributed by atoms with Crippen LogP contribution in [-0.2, 0) is 0 Å². The lowest BCUT2D eigenvalue weighted by Gasteiger charge is -2.00. The molecule has 13 heavy (non-hydrogen) atoms. The minimum Gasteiger partial charge on any atom is -0.398 e. The zero-order valence-electron chi connectivity index (χ0n) is 7.13. The van der Waals surface area contributed by atoms with Crippen LogP contribution in [0.3, 0.4) is 0 Å². The third-order valence-electron chi connectivity index (χ3n) is 1.62. The van der Waals surface area contributed by atoms with Crippen LogP contribution in [0.1, 0.15) is 12.0 Å². The lowest BCUT2D eigenvalue weighted by atomic mass is 10.1. The molecular formula is C10H11Br2N. The van der Waals surface area contributed by atoms with E-state index in [4.69, 9.17) is 5.73 Å². The molecule has 70 valence electrons. The van der Waals surface area contributed by atoms with E-state index in [0.29, 0.717) is 0 Å². The number of halogens is 2. The van der Waals surface area contributed by atoms with Gasteiger partial charge in [-0.1, -0.05) is 50.1 Å². The number of benzene rings is 1. The van der Waals surface area contributed by atoms with E-state index in [1.54, 1.807) is 0 Å². The highest BCUT2D eigenvalue weighted by Crippen LogP contribution is 2.19. The molecule has 1 aromatic carbocycles. The second-order valence-electron chi connectivity index (χ2n) is 2.65. The highest BCUT2D eigenvalue weighted by atomic mass is 79.9. The van der Waals surface area contributed by atoms with Crippen molar-refractivity contribution in [2.24, 2.45) is 0 Å². The second-order valence-corrected chi connectivity index (χ2v) is 4.36. The SMILES string of the molecule is Nc1cc(Br)ccc1C=CCCBr. The van der Waals surface area contributed by atoms with Crippen molar-refractivity contribution < 1.29 is 0 Å². The van der Waals surface area contributed by atoms with Crippen molar-refractivity contribution >= 4 is 43.6 Å². The van der Waals surface area contributed by atoms with Gasteiger partial charge < -0.3 is 5.73 Å². The van der Waals surface area contributed by atoms with Crippen LogP contribution in [-0.4, -0.2) is 5.33 Å². The summed E-state index contributed by atoms with van der Waals surface area (Å²) in [7, 11) is 0. The van der Waals surface area contributed by atoms with E-state index in [9.17, 15) is 0 Å². The minimum atomic E-state index is 0.806. The third-order valence-corrected chi connectivity index (χ3v) is 2.57. The van der Waals surface area contributed by atoms with E-state index in [2.05, 4.69) is 37.9 Å². The van der Waals surface area contributed by atoms with Crippen LogP contribution < -0.4 is 5.73 Å². The van der Waals surface area contributed by atoms with Crippen molar-refractivity contribution in [3.05, 3.63) is 34.3 Å². The van der Waals surface area contributed by atoms with E-state index >= 15 is 0 Å². The molecule has 1 aromatic rings. The van der Waals surface area contributed by atoms with Crippen molar-refractivity contribution in [1.82, 2.24) is 0 Å². The monoisotopic (exact) mass is 303 g/mol. The molecule has 0 atom stereocenters.